The van der Waals surface area contributed by atoms with E-state index in [2.05, 4.69) is 142 Å². The number of aryl methyl sites for hydroxylation is 2. The molecule has 5 aromatic carbocycles. The Bertz CT molecular complexity index is 1880. The Labute approximate surface area is 314 Å². The Morgan fingerprint density at radius 3 is 1.40 bits per heavy atom. The Kier molecular flexibility index (Phi) is 14.6. The van der Waals surface area contributed by atoms with E-state index in [1.54, 1.807) is 0 Å². The first-order chi connectivity index (χ1) is 24.0. The first-order valence-electron chi connectivity index (χ1n) is 17.3. The zero-order valence-electron chi connectivity index (χ0n) is 30.7. The molecule has 0 bridgehead atoms. The molecule has 6 aromatic rings. The molecular formula is C46H50MoN2S. The van der Waals surface area contributed by atoms with Crippen molar-refractivity contribution in [2.45, 2.75) is 77.5 Å². The van der Waals surface area contributed by atoms with Crippen molar-refractivity contribution < 1.29 is 17.9 Å². The summed E-state index contributed by atoms with van der Waals surface area (Å²) in [6.07, 6.45) is 0. The fourth-order valence-electron chi connectivity index (χ4n) is 5.58. The monoisotopic (exact) mass is 760 g/mol. The standard InChI is InChI=1S/C18H14S.C12H17N.C10H12.C6H8N.Mo/c19-18-16(14-8-3-1-4-9-14)12-7-13-17(18)15-10-5-2-6-11-15;1-8(2)10-6-5-7-11(9(3)4)12(10)13;1-10(2,3)9-7-5-4-6-8-9;1-5-3-4-6(2)7-5;/h1-13,19H;5-9H,1-4H3;1,4-8H,2-3H3;3-4H,1-2H3;/q;;;-1;+2/p-1. The van der Waals surface area contributed by atoms with Gasteiger partial charge < -0.3 is 17.6 Å². The quantitative estimate of drug-likeness (QED) is 0.120. The molecule has 0 saturated carbocycles. The first-order valence-corrected chi connectivity index (χ1v) is 19.8. The van der Waals surface area contributed by atoms with E-state index < -0.39 is 17.9 Å². The third-order valence-electron chi connectivity index (χ3n) is 8.45. The third-order valence-corrected chi connectivity index (χ3v) is 11.3. The molecule has 6 rings (SSSR count). The summed E-state index contributed by atoms with van der Waals surface area (Å²) in [4.78, 5) is 5.03. The van der Waals surface area contributed by atoms with Crippen LogP contribution < -0.4 is 4.98 Å². The molecule has 0 aliphatic rings. The van der Waals surface area contributed by atoms with Crippen molar-refractivity contribution in [3.8, 4) is 22.3 Å². The predicted molar refractivity (Wildman–Crippen MR) is 214 cm³/mol. The average molecular weight is 759 g/mol. The van der Waals surface area contributed by atoms with Crippen LogP contribution in [0.1, 0.15) is 81.5 Å². The molecule has 0 spiro atoms. The van der Waals surface area contributed by atoms with E-state index in [4.69, 9.17) is 16.1 Å². The van der Waals surface area contributed by atoms with Crippen LogP contribution in [0.15, 0.2) is 148 Å². The molecule has 2 nitrogen and oxygen atoms in total. The van der Waals surface area contributed by atoms with Gasteiger partial charge in [-0.3, -0.25) is 0 Å². The first kappa shape index (κ1) is 38.8. The molecule has 0 radical (unpaired) electrons. The zero-order chi connectivity index (χ0) is 36.1. The van der Waals surface area contributed by atoms with Gasteiger partial charge in [0.2, 0.25) is 0 Å². The third kappa shape index (κ3) is 11.0. The Morgan fingerprint density at radius 1 is 0.580 bits per heavy atom. The van der Waals surface area contributed by atoms with Crippen molar-refractivity contribution in [3.63, 3.8) is 0 Å². The van der Waals surface area contributed by atoms with E-state index in [0.717, 1.165) is 27.4 Å². The maximum atomic E-state index is 5.66. The van der Waals surface area contributed by atoms with Crippen LogP contribution in [-0.4, -0.2) is 4.40 Å². The van der Waals surface area contributed by atoms with Crippen LogP contribution in [0, 0.1) is 13.8 Å². The summed E-state index contributed by atoms with van der Waals surface area (Å²) in [6, 6.07) is 48.3. The molecule has 0 fully saturated rings. The average Bonchev–Trinajstić information content (AvgIpc) is 3.51. The van der Waals surface area contributed by atoms with Crippen molar-refractivity contribution in [2.75, 3.05) is 0 Å². The molecule has 0 atom stereocenters. The predicted octanol–water partition coefficient (Wildman–Crippen LogP) is 12.8. The van der Waals surface area contributed by atoms with E-state index in [1.807, 2.05) is 62.4 Å². The normalized spacial score (nSPS) is 10.8. The van der Waals surface area contributed by atoms with Crippen molar-refractivity contribution >= 4 is 22.7 Å². The van der Waals surface area contributed by atoms with E-state index in [1.165, 1.54) is 33.5 Å². The van der Waals surface area contributed by atoms with Crippen molar-refractivity contribution in [3.05, 3.63) is 168 Å². The van der Waals surface area contributed by atoms with Gasteiger partial charge in [0.05, 0.1) is 0 Å². The molecule has 0 unspecified atom stereocenters. The topological polar surface area (TPSA) is 26.5 Å². The van der Waals surface area contributed by atoms with Crippen molar-refractivity contribution in [1.82, 2.24) is 4.98 Å². The van der Waals surface area contributed by atoms with Gasteiger partial charge in [0.25, 0.3) is 0 Å². The van der Waals surface area contributed by atoms with Crippen molar-refractivity contribution in [2.24, 2.45) is 3.50 Å². The fourth-order valence-corrected chi connectivity index (χ4v) is 7.85. The fraction of sp³-hybridized carbons (Fsp3) is 0.239. The summed E-state index contributed by atoms with van der Waals surface area (Å²) >= 11 is 5.10. The number of hydrogen-bond donors (Lipinski definition) is 0. The molecule has 0 amide bonds. The molecule has 0 aliphatic carbocycles. The Morgan fingerprint density at radius 2 is 1.00 bits per heavy atom. The number of hydrogen-bond acceptors (Lipinski definition) is 2. The van der Waals surface area contributed by atoms with Gasteiger partial charge in [-0.25, -0.2) is 0 Å². The van der Waals surface area contributed by atoms with Gasteiger partial charge in [-0.15, -0.1) is 0 Å². The molecule has 0 N–H and O–H groups in total. The van der Waals surface area contributed by atoms with Crippen LogP contribution in [0.2, 0.25) is 0 Å². The van der Waals surface area contributed by atoms with Crippen LogP contribution in [0.3, 0.4) is 0 Å². The van der Waals surface area contributed by atoms with E-state index in [9.17, 15) is 0 Å². The van der Waals surface area contributed by atoms with Crippen LogP contribution in [-0.2, 0) is 36.0 Å². The summed E-state index contributed by atoms with van der Waals surface area (Å²) in [6.45, 7) is 17.6. The summed E-state index contributed by atoms with van der Waals surface area (Å²) in [5.41, 5.74) is 12.3. The number of nitrogens with zero attached hydrogens (tertiary/aromatic N) is 2. The SMILES string of the molecule is CC(C)c1cccc(C(C)C)c1[N]=[Mo+2]=[CH]C(C)(C)c1ccccc1.Cc1ccc(C)[n-]1.[S-]c1c(-c2ccccc2)cccc1-c1ccccc1. The second-order valence-corrected chi connectivity index (χ2v) is 15.6. The Hall–Kier alpha value is -4.04. The van der Waals surface area contributed by atoms with E-state index in [0.29, 0.717) is 11.8 Å². The smallest absolute Gasteiger partial charge is 0.0199 e. The van der Waals surface area contributed by atoms with E-state index >= 15 is 0 Å². The molecule has 0 aliphatic heterocycles. The van der Waals surface area contributed by atoms with Gasteiger partial charge in [-0.05, 0) is 22.3 Å². The molecule has 256 valence electrons. The van der Waals surface area contributed by atoms with Crippen LogP contribution in [0.5, 0.6) is 0 Å². The minimum absolute atomic E-state index is 0.0811. The van der Waals surface area contributed by atoms with Crippen LogP contribution in [0.25, 0.3) is 22.3 Å². The summed E-state index contributed by atoms with van der Waals surface area (Å²) in [7, 11) is 0. The number of rotatable bonds is 7. The van der Waals surface area contributed by atoms with Crippen molar-refractivity contribution in [1.29, 1.82) is 0 Å². The molecule has 0 saturated heterocycles. The summed E-state index contributed by atoms with van der Waals surface area (Å²) in [5.74, 6) is 1.02. The van der Waals surface area contributed by atoms with Gasteiger partial charge in [0, 0.05) is 0 Å². The molecule has 50 heavy (non-hydrogen) atoms. The molecule has 1 heterocycles. The zero-order valence-corrected chi connectivity index (χ0v) is 33.5. The number of aromatic nitrogens is 1. The maximum absolute atomic E-state index is 5.66. The van der Waals surface area contributed by atoms with Gasteiger partial charge in [-0.2, -0.15) is 16.3 Å². The van der Waals surface area contributed by atoms with Gasteiger partial charge >= 0.3 is 156 Å². The summed E-state index contributed by atoms with van der Waals surface area (Å²) < 4.78 is 7.59. The Balaban J connectivity index is 0.000000191. The summed E-state index contributed by atoms with van der Waals surface area (Å²) in [5, 5.41) is 0. The van der Waals surface area contributed by atoms with Gasteiger partial charge in [-0.1, -0.05) is 105 Å². The second-order valence-electron chi connectivity index (χ2n) is 13.6. The minimum atomic E-state index is -0.553. The van der Waals surface area contributed by atoms with E-state index in [-0.39, 0.29) is 5.41 Å². The molecule has 4 heteroatoms. The number of benzene rings is 5. The van der Waals surface area contributed by atoms with Gasteiger partial charge in [0.1, 0.15) is 0 Å². The van der Waals surface area contributed by atoms with Gasteiger partial charge in [0.15, 0.2) is 0 Å². The van der Waals surface area contributed by atoms with Crippen LogP contribution >= 0.6 is 0 Å². The largest absolute Gasteiger partial charge is 0.779 e. The molecule has 1 aromatic heterocycles. The minimum Gasteiger partial charge on any atom is -0.779 e. The molecular weight excluding hydrogens is 709 g/mol. The maximum Gasteiger partial charge on any atom is -0.0199 e. The van der Waals surface area contributed by atoms with Crippen LogP contribution in [0.4, 0.5) is 5.69 Å². The second kappa shape index (κ2) is 18.8.